The number of amides is 1. The van der Waals surface area contributed by atoms with Crippen molar-refractivity contribution < 1.29 is 13.2 Å². The first-order chi connectivity index (χ1) is 7.80. The first kappa shape index (κ1) is 13.7. The Morgan fingerprint density at radius 2 is 1.82 bits per heavy atom. The van der Waals surface area contributed by atoms with Crippen LogP contribution in [0.2, 0.25) is 0 Å². The maximum absolute atomic E-state index is 11.6. The molecular weight excluding hydrogens is 240 g/mol. The Bertz CT molecular complexity index is 492. The lowest BCUT2D eigenvalue weighted by Crippen LogP contribution is -2.31. The van der Waals surface area contributed by atoms with Gasteiger partial charge in [-0.25, -0.2) is 13.1 Å². The van der Waals surface area contributed by atoms with Gasteiger partial charge in [-0.2, -0.15) is 0 Å². The van der Waals surface area contributed by atoms with Crippen LogP contribution in [0.1, 0.15) is 29.8 Å². The molecule has 1 rings (SSSR count). The highest BCUT2D eigenvalue weighted by Crippen LogP contribution is 2.07. The Balaban J connectivity index is 2.79. The molecule has 0 heterocycles. The van der Waals surface area contributed by atoms with Crippen LogP contribution in [0, 0.1) is 0 Å². The maximum atomic E-state index is 11.6. The summed E-state index contributed by atoms with van der Waals surface area (Å²) >= 11 is 0. The number of hydrogen-bond acceptors (Lipinski definition) is 3. The fraction of sp³-hybridized carbons (Fsp3) is 0.364. The number of carbonyl (C=O) groups is 1. The molecule has 1 amide bonds. The van der Waals surface area contributed by atoms with Crippen LogP contribution < -0.4 is 10.5 Å². The van der Waals surface area contributed by atoms with Crippen molar-refractivity contribution in [3.05, 3.63) is 35.4 Å². The smallest absolute Gasteiger partial charge is 0.248 e. The van der Waals surface area contributed by atoms with Gasteiger partial charge in [-0.15, -0.1) is 0 Å². The van der Waals surface area contributed by atoms with Gasteiger partial charge < -0.3 is 5.73 Å². The van der Waals surface area contributed by atoms with Crippen molar-refractivity contribution in [2.45, 2.75) is 25.6 Å². The van der Waals surface area contributed by atoms with Gasteiger partial charge in [-0.1, -0.05) is 12.1 Å². The van der Waals surface area contributed by atoms with Crippen molar-refractivity contribution in [3.8, 4) is 0 Å². The summed E-state index contributed by atoms with van der Waals surface area (Å²) in [6, 6.07) is 6.06. The molecule has 5 nitrogen and oxygen atoms in total. The van der Waals surface area contributed by atoms with Crippen molar-refractivity contribution in [1.29, 1.82) is 0 Å². The van der Waals surface area contributed by atoms with Gasteiger partial charge >= 0.3 is 0 Å². The Morgan fingerprint density at radius 1 is 1.29 bits per heavy atom. The quantitative estimate of drug-likeness (QED) is 0.809. The molecule has 0 aliphatic carbocycles. The Hall–Kier alpha value is -1.40. The lowest BCUT2D eigenvalue weighted by molar-refractivity contribution is 0.100. The van der Waals surface area contributed by atoms with Crippen LogP contribution >= 0.6 is 0 Å². The molecule has 94 valence electrons. The second-order valence-corrected chi connectivity index (χ2v) is 5.85. The third kappa shape index (κ3) is 4.54. The average Bonchev–Trinajstić information content (AvgIpc) is 2.15. The van der Waals surface area contributed by atoms with Gasteiger partial charge in [-0.05, 0) is 31.5 Å². The van der Waals surface area contributed by atoms with Gasteiger partial charge in [0.1, 0.15) is 0 Å². The zero-order valence-corrected chi connectivity index (χ0v) is 10.6. The molecule has 0 saturated carbocycles. The average molecular weight is 256 g/mol. The number of benzene rings is 1. The second kappa shape index (κ2) is 5.29. The summed E-state index contributed by atoms with van der Waals surface area (Å²) < 4.78 is 25.7. The third-order valence-electron chi connectivity index (χ3n) is 2.01. The number of nitrogens with two attached hydrogens (primary N) is 1. The fourth-order valence-electron chi connectivity index (χ4n) is 1.39. The molecule has 0 aromatic heterocycles. The van der Waals surface area contributed by atoms with Crippen molar-refractivity contribution in [3.63, 3.8) is 0 Å². The van der Waals surface area contributed by atoms with Gasteiger partial charge in [0.15, 0.2) is 0 Å². The number of rotatable bonds is 5. The summed E-state index contributed by atoms with van der Waals surface area (Å²) in [7, 11) is -3.33. The molecule has 6 heteroatoms. The number of hydrogen-bond donors (Lipinski definition) is 2. The fourth-order valence-corrected chi connectivity index (χ4v) is 2.82. The highest BCUT2D eigenvalue weighted by atomic mass is 32.2. The Kier molecular flexibility index (Phi) is 4.25. The normalized spacial score (nSPS) is 11.7. The SMILES string of the molecule is CC(C)NS(=O)(=O)Cc1ccc(C(N)=O)cc1. The summed E-state index contributed by atoms with van der Waals surface area (Å²) in [5.41, 5.74) is 6.07. The molecule has 1 aromatic carbocycles. The molecule has 0 aliphatic heterocycles. The minimum absolute atomic E-state index is 0.107. The van der Waals surface area contributed by atoms with Crippen LogP contribution in [0.25, 0.3) is 0 Å². The van der Waals surface area contributed by atoms with E-state index in [0.29, 0.717) is 11.1 Å². The highest BCUT2D eigenvalue weighted by molar-refractivity contribution is 7.88. The lowest BCUT2D eigenvalue weighted by Gasteiger charge is -2.09. The summed E-state index contributed by atoms with van der Waals surface area (Å²) in [5.74, 6) is -0.635. The molecule has 0 saturated heterocycles. The minimum Gasteiger partial charge on any atom is -0.366 e. The zero-order chi connectivity index (χ0) is 13.1. The number of nitrogens with one attached hydrogen (secondary N) is 1. The van der Waals surface area contributed by atoms with Gasteiger partial charge in [0.05, 0.1) is 5.75 Å². The summed E-state index contributed by atoms with van der Waals surface area (Å²) in [4.78, 5) is 10.8. The maximum Gasteiger partial charge on any atom is 0.248 e. The van der Waals surface area contributed by atoms with E-state index in [1.807, 2.05) is 0 Å². The van der Waals surface area contributed by atoms with E-state index in [2.05, 4.69) is 4.72 Å². The van der Waals surface area contributed by atoms with Gasteiger partial charge in [0, 0.05) is 11.6 Å². The topological polar surface area (TPSA) is 89.3 Å². The van der Waals surface area contributed by atoms with Crippen LogP contribution in [0.3, 0.4) is 0 Å². The van der Waals surface area contributed by atoms with E-state index in [1.165, 1.54) is 12.1 Å². The van der Waals surface area contributed by atoms with Crippen LogP contribution in [0.15, 0.2) is 24.3 Å². The van der Waals surface area contributed by atoms with Crippen molar-refractivity contribution in [1.82, 2.24) is 4.72 Å². The highest BCUT2D eigenvalue weighted by Gasteiger charge is 2.12. The molecule has 0 radical (unpaired) electrons. The molecule has 0 spiro atoms. The first-order valence-corrected chi connectivity index (χ1v) is 6.84. The first-order valence-electron chi connectivity index (χ1n) is 5.19. The van der Waals surface area contributed by atoms with Crippen LogP contribution in [-0.4, -0.2) is 20.4 Å². The van der Waals surface area contributed by atoms with Crippen molar-refractivity contribution in [2.24, 2.45) is 5.73 Å². The predicted octanol–water partition coefficient (Wildman–Crippen LogP) is 0.613. The largest absolute Gasteiger partial charge is 0.366 e. The van der Waals surface area contributed by atoms with Crippen molar-refractivity contribution in [2.75, 3.05) is 0 Å². The van der Waals surface area contributed by atoms with E-state index in [1.54, 1.807) is 26.0 Å². The predicted molar refractivity (Wildman–Crippen MR) is 65.9 cm³/mol. The van der Waals surface area contributed by atoms with E-state index in [0.717, 1.165) is 0 Å². The molecule has 0 bridgehead atoms. The third-order valence-corrected chi connectivity index (χ3v) is 3.55. The van der Waals surface area contributed by atoms with Crippen LogP contribution in [0.4, 0.5) is 0 Å². The van der Waals surface area contributed by atoms with Crippen LogP contribution in [0.5, 0.6) is 0 Å². The van der Waals surface area contributed by atoms with Gasteiger partial charge in [-0.3, -0.25) is 4.79 Å². The molecule has 0 aliphatic rings. The Labute approximate surface area is 101 Å². The standard InChI is InChI=1S/C11H16N2O3S/c1-8(2)13-17(15,16)7-9-3-5-10(6-4-9)11(12)14/h3-6,8,13H,7H2,1-2H3,(H2,12,14). The monoisotopic (exact) mass is 256 g/mol. The molecule has 0 atom stereocenters. The number of carbonyl (C=O) groups excluding carboxylic acids is 1. The van der Waals surface area contributed by atoms with Gasteiger partial charge in [0.25, 0.3) is 0 Å². The molecular formula is C11H16N2O3S. The van der Waals surface area contributed by atoms with E-state index in [9.17, 15) is 13.2 Å². The minimum atomic E-state index is -3.33. The molecule has 0 unspecified atom stereocenters. The molecule has 17 heavy (non-hydrogen) atoms. The Morgan fingerprint density at radius 3 is 2.24 bits per heavy atom. The summed E-state index contributed by atoms with van der Waals surface area (Å²) in [6.45, 7) is 3.52. The molecule has 3 N–H and O–H groups in total. The zero-order valence-electron chi connectivity index (χ0n) is 9.80. The second-order valence-electron chi connectivity index (χ2n) is 4.09. The number of primary amides is 1. The van der Waals surface area contributed by atoms with E-state index < -0.39 is 15.9 Å². The van der Waals surface area contributed by atoms with Crippen molar-refractivity contribution >= 4 is 15.9 Å². The lowest BCUT2D eigenvalue weighted by atomic mass is 10.1. The van der Waals surface area contributed by atoms with E-state index in [-0.39, 0.29) is 11.8 Å². The summed E-state index contributed by atoms with van der Waals surface area (Å²) in [6.07, 6.45) is 0. The van der Waals surface area contributed by atoms with Crippen LogP contribution in [-0.2, 0) is 15.8 Å². The van der Waals surface area contributed by atoms with E-state index >= 15 is 0 Å². The molecule has 1 aromatic rings. The van der Waals surface area contributed by atoms with E-state index in [4.69, 9.17) is 5.73 Å². The summed E-state index contributed by atoms with van der Waals surface area (Å²) in [5, 5.41) is 0. The number of sulfonamides is 1. The van der Waals surface area contributed by atoms with Gasteiger partial charge in [0.2, 0.25) is 15.9 Å². The molecule has 0 fully saturated rings.